The standard InChI is InChI=1S/C51H72O2Si2/c1-46(2,3)54(47(4,5)6,48(7,8)9)52-42-32-36-24-19-21-28-38(36)44-40(42)30-34-26-23-27-35(34)31-41-43(33-37-25-20-22-29-39(37)45(41)44)53-55(49(10,11)12,50(13,14)15)51(16,17)18/h19-22,24-29,32-33H,23,30-31H2,1-18H3. The average Bonchev–Trinajstić information content (AvgIpc) is 3.43. The summed E-state index contributed by atoms with van der Waals surface area (Å²) in [5, 5.41) is 4.85. The normalized spacial score (nSPS) is 16.2. The summed E-state index contributed by atoms with van der Waals surface area (Å²) in [7, 11) is -5.31. The highest BCUT2D eigenvalue weighted by atomic mass is 28.4. The predicted octanol–water partition coefficient (Wildman–Crippen LogP) is 16.5. The zero-order chi connectivity index (χ0) is 40.9. The first-order chi connectivity index (χ1) is 25.1. The van der Waals surface area contributed by atoms with Gasteiger partial charge >= 0.3 is 0 Å². The monoisotopic (exact) mass is 773 g/mol. The first-order valence-electron chi connectivity index (χ1n) is 20.9. The van der Waals surface area contributed by atoms with Crippen LogP contribution in [-0.2, 0) is 12.8 Å². The van der Waals surface area contributed by atoms with Crippen molar-refractivity contribution >= 4 is 38.2 Å². The van der Waals surface area contributed by atoms with Crippen molar-refractivity contribution in [3.05, 3.63) is 95.1 Å². The van der Waals surface area contributed by atoms with Gasteiger partial charge in [-0.1, -0.05) is 185 Å². The predicted molar refractivity (Wildman–Crippen MR) is 246 cm³/mol. The van der Waals surface area contributed by atoms with Crippen molar-refractivity contribution in [2.45, 2.75) is 174 Å². The summed E-state index contributed by atoms with van der Waals surface area (Å²) in [6.45, 7) is 43.8. The van der Waals surface area contributed by atoms with Gasteiger partial charge in [-0.25, -0.2) is 0 Å². The topological polar surface area (TPSA) is 18.5 Å². The molecular weight excluding hydrogens is 701 g/mol. The molecule has 55 heavy (non-hydrogen) atoms. The van der Waals surface area contributed by atoms with Crippen LogP contribution in [0.5, 0.6) is 11.5 Å². The Balaban J connectivity index is 1.83. The molecule has 4 heteroatoms. The Hall–Kier alpha value is -3.09. The van der Waals surface area contributed by atoms with Crippen LogP contribution in [0, 0.1) is 0 Å². The molecule has 0 bridgehead atoms. The third-order valence-electron chi connectivity index (χ3n) is 13.2. The molecule has 2 aliphatic rings. The van der Waals surface area contributed by atoms with E-state index in [1.54, 1.807) is 0 Å². The lowest BCUT2D eigenvalue weighted by Gasteiger charge is -2.57. The van der Waals surface area contributed by atoms with E-state index in [1.807, 2.05) is 0 Å². The minimum atomic E-state index is -2.65. The van der Waals surface area contributed by atoms with Gasteiger partial charge in [0.25, 0.3) is 16.6 Å². The molecule has 0 atom stereocenters. The van der Waals surface area contributed by atoms with Gasteiger partial charge in [0.2, 0.25) is 0 Å². The molecule has 0 spiro atoms. The number of hydrogen-bond donors (Lipinski definition) is 0. The fraction of sp³-hybridized carbons (Fsp3) is 0.529. The van der Waals surface area contributed by atoms with Gasteiger partial charge in [0.15, 0.2) is 0 Å². The van der Waals surface area contributed by atoms with E-state index < -0.39 is 16.6 Å². The number of rotatable bonds is 4. The van der Waals surface area contributed by atoms with Crippen LogP contribution in [-0.4, -0.2) is 16.6 Å². The lowest BCUT2D eigenvalue weighted by atomic mass is 9.79. The summed E-state index contributed by atoms with van der Waals surface area (Å²) in [4.78, 5) is 0. The van der Waals surface area contributed by atoms with Crippen molar-refractivity contribution in [3.63, 3.8) is 0 Å². The largest absolute Gasteiger partial charge is 0.542 e. The summed E-state index contributed by atoms with van der Waals surface area (Å²) in [5.74, 6) is 2.14. The molecule has 0 N–H and O–H groups in total. The number of allylic oxidation sites excluding steroid dienone is 4. The van der Waals surface area contributed by atoms with Gasteiger partial charge in [-0.05, 0) is 92.6 Å². The highest BCUT2D eigenvalue weighted by molar-refractivity contribution is 6.83. The van der Waals surface area contributed by atoms with Crippen molar-refractivity contribution in [2.24, 2.45) is 0 Å². The van der Waals surface area contributed by atoms with Gasteiger partial charge in [-0.15, -0.1) is 0 Å². The Morgan fingerprint density at radius 3 is 1.00 bits per heavy atom. The van der Waals surface area contributed by atoms with Crippen LogP contribution in [0.15, 0.2) is 84.0 Å². The van der Waals surface area contributed by atoms with Gasteiger partial charge in [0.05, 0.1) is 0 Å². The van der Waals surface area contributed by atoms with E-state index in [0.717, 1.165) is 30.8 Å². The molecule has 0 saturated heterocycles. The number of benzene rings is 4. The second-order valence-electron chi connectivity index (χ2n) is 23.0. The fourth-order valence-electron chi connectivity index (χ4n) is 13.2. The summed E-state index contributed by atoms with van der Waals surface area (Å²) < 4.78 is 16.2. The summed E-state index contributed by atoms with van der Waals surface area (Å²) >= 11 is 0. The molecule has 0 radical (unpaired) electrons. The molecule has 4 aromatic carbocycles. The minimum absolute atomic E-state index is 0.0340. The van der Waals surface area contributed by atoms with E-state index in [1.165, 1.54) is 54.9 Å². The van der Waals surface area contributed by atoms with E-state index in [0.29, 0.717) is 0 Å². The van der Waals surface area contributed by atoms with Crippen molar-refractivity contribution in [1.82, 2.24) is 0 Å². The van der Waals surface area contributed by atoms with Crippen LogP contribution in [0.25, 0.3) is 32.7 Å². The highest BCUT2D eigenvalue weighted by Gasteiger charge is 2.65. The second kappa shape index (κ2) is 13.2. The van der Waals surface area contributed by atoms with Crippen molar-refractivity contribution < 1.29 is 8.85 Å². The van der Waals surface area contributed by atoms with Gasteiger partial charge < -0.3 is 8.85 Å². The molecule has 2 aliphatic carbocycles. The Morgan fingerprint density at radius 2 is 0.709 bits per heavy atom. The van der Waals surface area contributed by atoms with Gasteiger partial charge in [0.1, 0.15) is 11.5 Å². The molecule has 4 aromatic rings. The van der Waals surface area contributed by atoms with Crippen LogP contribution in [0.2, 0.25) is 30.2 Å². The first kappa shape index (κ1) is 41.5. The third-order valence-corrected chi connectivity index (χ3v) is 26.9. The smallest absolute Gasteiger partial charge is 0.267 e. The van der Waals surface area contributed by atoms with Gasteiger partial charge in [0, 0.05) is 24.0 Å². The molecular formula is C51H72O2Si2. The average molecular weight is 773 g/mol. The van der Waals surface area contributed by atoms with Crippen LogP contribution < -0.4 is 8.85 Å². The lowest BCUT2D eigenvalue weighted by molar-refractivity contribution is 0.370. The molecule has 0 amide bonds. The fourth-order valence-corrected chi connectivity index (χ4v) is 29.6. The molecule has 0 aromatic heterocycles. The second-order valence-corrected chi connectivity index (χ2v) is 35.1. The number of fused-ring (bicyclic) bond motifs is 8. The summed E-state index contributed by atoms with van der Waals surface area (Å²) in [6.07, 6.45) is 7.63. The number of hydrogen-bond acceptors (Lipinski definition) is 2. The highest BCUT2D eigenvalue weighted by Crippen LogP contribution is 2.65. The van der Waals surface area contributed by atoms with Gasteiger partial charge in [-0.3, -0.25) is 0 Å². The zero-order valence-corrected chi connectivity index (χ0v) is 39.9. The van der Waals surface area contributed by atoms with Crippen molar-refractivity contribution in [1.29, 1.82) is 0 Å². The minimum Gasteiger partial charge on any atom is -0.542 e. The summed E-state index contributed by atoms with van der Waals surface area (Å²) in [5.41, 5.74) is 8.16. The van der Waals surface area contributed by atoms with Crippen LogP contribution in [0.3, 0.4) is 0 Å². The Bertz CT molecular complexity index is 1960. The Morgan fingerprint density at radius 1 is 0.418 bits per heavy atom. The van der Waals surface area contributed by atoms with E-state index in [-0.39, 0.29) is 30.2 Å². The third kappa shape index (κ3) is 6.50. The molecule has 296 valence electrons. The van der Waals surface area contributed by atoms with E-state index in [4.69, 9.17) is 8.85 Å². The molecule has 0 fully saturated rings. The van der Waals surface area contributed by atoms with E-state index in [2.05, 4.69) is 197 Å². The lowest BCUT2D eigenvalue weighted by Crippen LogP contribution is -2.63. The van der Waals surface area contributed by atoms with E-state index in [9.17, 15) is 0 Å². The molecule has 0 aliphatic heterocycles. The van der Waals surface area contributed by atoms with Crippen molar-refractivity contribution in [2.75, 3.05) is 0 Å². The Kier molecular flexibility index (Phi) is 9.99. The molecule has 6 rings (SSSR count). The van der Waals surface area contributed by atoms with E-state index >= 15 is 0 Å². The van der Waals surface area contributed by atoms with Gasteiger partial charge in [-0.2, -0.15) is 0 Å². The first-order valence-corrected chi connectivity index (χ1v) is 24.8. The quantitative estimate of drug-likeness (QED) is 0.192. The maximum Gasteiger partial charge on any atom is 0.267 e. The summed E-state index contributed by atoms with van der Waals surface area (Å²) in [6, 6.07) is 22.9. The Labute approximate surface area is 337 Å². The van der Waals surface area contributed by atoms with Crippen LogP contribution in [0.1, 0.15) is 142 Å². The van der Waals surface area contributed by atoms with Crippen LogP contribution in [0.4, 0.5) is 0 Å². The zero-order valence-electron chi connectivity index (χ0n) is 37.9. The molecule has 2 nitrogen and oxygen atoms in total. The molecule has 0 heterocycles. The maximum atomic E-state index is 8.09. The molecule has 0 unspecified atom stereocenters. The molecule has 0 saturated carbocycles. The van der Waals surface area contributed by atoms with Crippen LogP contribution >= 0.6 is 0 Å². The van der Waals surface area contributed by atoms with Crippen molar-refractivity contribution in [3.8, 4) is 22.6 Å². The SMILES string of the molecule is CC(C)(C)[Si](Oc1cc2ccccc2c2c1CC1=CCC=C1Cc1c(O[Si](C(C)(C)C)(C(C)(C)C)C(C)(C)C)cc3ccccc3c1-2)(C(C)(C)C)C(C)(C)C. The maximum absolute atomic E-state index is 8.09.